The SMILES string of the molecule is Cc1cc(C(F)(F)F)cc(O)c1-c1ccc2c(C)n(C3CC34CCC(=O)N(C)C4)nc2n1. The third kappa shape index (κ3) is 3.13. The molecular formula is C23H23F3N4O2. The van der Waals surface area contributed by atoms with E-state index in [0.717, 1.165) is 36.1 Å². The molecule has 2 fully saturated rings. The van der Waals surface area contributed by atoms with E-state index in [9.17, 15) is 23.1 Å². The molecule has 5 rings (SSSR count). The third-order valence-corrected chi connectivity index (χ3v) is 6.97. The first-order valence-corrected chi connectivity index (χ1v) is 10.5. The van der Waals surface area contributed by atoms with Crippen LogP contribution in [0.2, 0.25) is 0 Å². The van der Waals surface area contributed by atoms with Crippen LogP contribution in [0.4, 0.5) is 13.2 Å². The summed E-state index contributed by atoms with van der Waals surface area (Å²) in [4.78, 5) is 18.2. The lowest BCUT2D eigenvalue weighted by Crippen LogP contribution is -2.39. The number of benzene rings is 1. The molecule has 1 spiro atoms. The van der Waals surface area contributed by atoms with E-state index in [4.69, 9.17) is 5.10 Å². The molecule has 1 saturated carbocycles. The number of aromatic nitrogens is 3. The first-order chi connectivity index (χ1) is 15.0. The molecule has 168 valence electrons. The van der Waals surface area contributed by atoms with Crippen LogP contribution in [0.5, 0.6) is 5.75 Å². The average molecular weight is 444 g/mol. The van der Waals surface area contributed by atoms with Gasteiger partial charge >= 0.3 is 6.18 Å². The first-order valence-electron chi connectivity index (χ1n) is 10.5. The Kier molecular flexibility index (Phi) is 4.35. The minimum atomic E-state index is -4.54. The van der Waals surface area contributed by atoms with Crippen molar-refractivity contribution in [1.29, 1.82) is 0 Å². The van der Waals surface area contributed by atoms with Crippen molar-refractivity contribution in [1.82, 2.24) is 19.7 Å². The zero-order chi connectivity index (χ0) is 23.0. The number of piperidine rings is 1. The highest BCUT2D eigenvalue weighted by atomic mass is 19.4. The van der Waals surface area contributed by atoms with Crippen LogP contribution in [0.15, 0.2) is 24.3 Å². The van der Waals surface area contributed by atoms with Gasteiger partial charge < -0.3 is 10.0 Å². The molecule has 1 aliphatic heterocycles. The molecule has 3 aromatic rings. The molecule has 2 unspecified atom stereocenters. The number of likely N-dealkylation sites (tertiary alicyclic amines) is 1. The van der Waals surface area contributed by atoms with Crippen LogP contribution in [0.3, 0.4) is 0 Å². The van der Waals surface area contributed by atoms with Crippen molar-refractivity contribution >= 4 is 16.9 Å². The van der Waals surface area contributed by atoms with Crippen LogP contribution in [-0.2, 0) is 11.0 Å². The largest absolute Gasteiger partial charge is 0.507 e. The van der Waals surface area contributed by atoms with Crippen molar-refractivity contribution in [3.8, 4) is 17.0 Å². The number of phenolic OH excluding ortho intramolecular Hbond substituents is 1. The summed E-state index contributed by atoms with van der Waals surface area (Å²) in [6, 6.07) is 5.48. The monoisotopic (exact) mass is 444 g/mol. The second-order valence-corrected chi connectivity index (χ2v) is 9.11. The Morgan fingerprint density at radius 3 is 2.62 bits per heavy atom. The number of phenols is 1. The quantitative estimate of drug-likeness (QED) is 0.626. The fourth-order valence-electron chi connectivity index (χ4n) is 5.11. The van der Waals surface area contributed by atoms with E-state index in [2.05, 4.69) is 4.98 Å². The average Bonchev–Trinajstić information content (AvgIpc) is 3.29. The van der Waals surface area contributed by atoms with Gasteiger partial charge in [-0.15, -0.1) is 0 Å². The van der Waals surface area contributed by atoms with Gasteiger partial charge in [0.2, 0.25) is 5.91 Å². The molecule has 9 heteroatoms. The van der Waals surface area contributed by atoms with Crippen molar-refractivity contribution in [2.24, 2.45) is 5.41 Å². The maximum Gasteiger partial charge on any atom is 0.416 e. The molecule has 1 saturated heterocycles. The van der Waals surface area contributed by atoms with Crippen LogP contribution in [0.25, 0.3) is 22.3 Å². The van der Waals surface area contributed by atoms with Gasteiger partial charge in [0.15, 0.2) is 5.65 Å². The fourth-order valence-corrected chi connectivity index (χ4v) is 5.11. The second kappa shape index (κ2) is 6.70. The van der Waals surface area contributed by atoms with Gasteiger partial charge in [-0.2, -0.15) is 18.3 Å². The maximum atomic E-state index is 13.1. The Morgan fingerprint density at radius 2 is 1.97 bits per heavy atom. The molecule has 2 aliphatic rings. The van der Waals surface area contributed by atoms with Crippen molar-refractivity contribution in [3.05, 3.63) is 41.1 Å². The Morgan fingerprint density at radius 1 is 1.22 bits per heavy atom. The minimum absolute atomic E-state index is 0.0422. The van der Waals surface area contributed by atoms with Gasteiger partial charge in [-0.1, -0.05) is 0 Å². The smallest absolute Gasteiger partial charge is 0.416 e. The summed E-state index contributed by atoms with van der Waals surface area (Å²) in [5.74, 6) is -0.293. The van der Waals surface area contributed by atoms with Gasteiger partial charge in [0.05, 0.1) is 17.3 Å². The highest BCUT2D eigenvalue weighted by molar-refractivity contribution is 5.83. The lowest BCUT2D eigenvalue weighted by molar-refractivity contribution is -0.137. The summed E-state index contributed by atoms with van der Waals surface area (Å²) < 4.78 is 41.1. The van der Waals surface area contributed by atoms with Gasteiger partial charge in [-0.05, 0) is 56.5 Å². The topological polar surface area (TPSA) is 71.2 Å². The number of carbonyl (C=O) groups excluding carboxylic acids is 1. The summed E-state index contributed by atoms with van der Waals surface area (Å²) in [5.41, 5.74) is 1.53. The van der Waals surface area contributed by atoms with Crippen molar-refractivity contribution in [2.75, 3.05) is 13.6 Å². The van der Waals surface area contributed by atoms with Gasteiger partial charge in [0, 0.05) is 42.1 Å². The number of aryl methyl sites for hydroxylation is 2. The number of aromatic hydroxyl groups is 1. The normalized spacial score (nSPS) is 23.4. The van der Waals surface area contributed by atoms with Crippen LogP contribution < -0.4 is 0 Å². The van der Waals surface area contributed by atoms with Gasteiger partial charge in [-0.3, -0.25) is 9.48 Å². The van der Waals surface area contributed by atoms with E-state index in [0.29, 0.717) is 24.3 Å². The van der Waals surface area contributed by atoms with Gasteiger partial charge in [0.1, 0.15) is 5.75 Å². The molecule has 1 amide bonds. The number of fused-ring (bicyclic) bond motifs is 1. The number of halogens is 3. The third-order valence-electron chi connectivity index (χ3n) is 6.97. The van der Waals surface area contributed by atoms with E-state index in [1.54, 1.807) is 11.0 Å². The van der Waals surface area contributed by atoms with E-state index < -0.39 is 17.5 Å². The minimum Gasteiger partial charge on any atom is -0.507 e. The van der Waals surface area contributed by atoms with Gasteiger partial charge in [0.25, 0.3) is 0 Å². The van der Waals surface area contributed by atoms with Crippen molar-refractivity contribution in [2.45, 2.75) is 45.3 Å². The molecule has 3 heterocycles. The zero-order valence-corrected chi connectivity index (χ0v) is 18.0. The van der Waals surface area contributed by atoms with Crippen molar-refractivity contribution in [3.63, 3.8) is 0 Å². The molecular weight excluding hydrogens is 421 g/mol. The number of pyridine rings is 1. The number of amides is 1. The van der Waals surface area contributed by atoms with Crippen LogP contribution in [-0.4, -0.2) is 44.3 Å². The predicted octanol–water partition coefficient (Wildman–Crippen LogP) is 4.62. The molecule has 2 aromatic heterocycles. The van der Waals surface area contributed by atoms with E-state index in [1.165, 1.54) is 6.92 Å². The van der Waals surface area contributed by atoms with E-state index >= 15 is 0 Å². The highest BCUT2D eigenvalue weighted by Crippen LogP contribution is 2.61. The fraction of sp³-hybridized carbons (Fsp3) is 0.435. The molecule has 0 bridgehead atoms. The standard InChI is InChI=1S/C23H23F3N4O2/c1-12-8-14(23(24,25)26)9-17(31)20(12)16-5-4-15-13(2)30(28-21(15)27-16)18-10-22(18)7-6-19(32)29(3)11-22/h4-5,8-9,18,31H,6-7,10-11H2,1-3H3. The number of hydrogen-bond donors (Lipinski definition) is 1. The highest BCUT2D eigenvalue weighted by Gasteiger charge is 2.58. The van der Waals surface area contributed by atoms with Crippen LogP contribution in [0.1, 0.15) is 42.1 Å². The maximum absolute atomic E-state index is 13.1. The number of alkyl halides is 3. The Hall–Kier alpha value is -3.10. The first kappa shape index (κ1) is 20.8. The summed E-state index contributed by atoms with van der Waals surface area (Å²) in [6.07, 6.45) is -2.20. The number of carbonyl (C=O) groups is 1. The summed E-state index contributed by atoms with van der Waals surface area (Å²) >= 11 is 0. The van der Waals surface area contributed by atoms with Gasteiger partial charge in [-0.25, -0.2) is 4.98 Å². The summed E-state index contributed by atoms with van der Waals surface area (Å²) in [5, 5.41) is 15.9. The molecule has 1 aromatic carbocycles. The number of nitrogens with zero attached hydrogens (tertiary/aromatic N) is 4. The molecule has 1 N–H and O–H groups in total. The zero-order valence-electron chi connectivity index (χ0n) is 18.0. The Balaban J connectivity index is 1.51. The number of rotatable bonds is 2. The molecule has 2 atom stereocenters. The van der Waals surface area contributed by atoms with E-state index in [1.807, 2.05) is 24.7 Å². The summed E-state index contributed by atoms with van der Waals surface area (Å²) in [6.45, 7) is 4.21. The molecule has 0 radical (unpaired) electrons. The molecule has 1 aliphatic carbocycles. The molecule has 32 heavy (non-hydrogen) atoms. The van der Waals surface area contributed by atoms with Crippen molar-refractivity contribution < 1.29 is 23.1 Å². The molecule has 6 nitrogen and oxygen atoms in total. The Labute approximate surface area is 182 Å². The lowest BCUT2D eigenvalue weighted by atomic mass is 9.94. The van der Waals surface area contributed by atoms with Crippen LogP contribution in [0, 0.1) is 19.3 Å². The Bertz CT molecular complexity index is 1240. The summed E-state index contributed by atoms with van der Waals surface area (Å²) in [7, 11) is 1.83. The second-order valence-electron chi connectivity index (χ2n) is 9.11. The number of hydrogen-bond acceptors (Lipinski definition) is 4. The van der Waals surface area contributed by atoms with E-state index in [-0.39, 0.29) is 28.5 Å². The predicted molar refractivity (Wildman–Crippen MR) is 112 cm³/mol. The van der Waals surface area contributed by atoms with Crippen LogP contribution >= 0.6 is 0 Å². The lowest BCUT2D eigenvalue weighted by Gasteiger charge is -2.30.